The number of aromatic nitrogens is 1. The third kappa shape index (κ3) is 7.42. The van der Waals surface area contributed by atoms with Crippen molar-refractivity contribution in [1.82, 2.24) is 4.98 Å². The minimum absolute atomic E-state index is 0.0480. The van der Waals surface area contributed by atoms with Gasteiger partial charge in [-0.3, -0.25) is 4.79 Å². The number of nitrogens with two attached hydrogens (primary N) is 1. The fourth-order valence-corrected chi connectivity index (χ4v) is 4.04. The molecule has 36 heavy (non-hydrogen) atoms. The predicted molar refractivity (Wildman–Crippen MR) is 145 cm³/mol. The molecule has 0 atom stereocenters. The lowest BCUT2D eigenvalue weighted by molar-refractivity contribution is -0.116. The summed E-state index contributed by atoms with van der Waals surface area (Å²) in [6.07, 6.45) is 6.84. The van der Waals surface area contributed by atoms with E-state index in [1.165, 1.54) is 0 Å². The summed E-state index contributed by atoms with van der Waals surface area (Å²) >= 11 is 5.90. The van der Waals surface area contributed by atoms with Crippen LogP contribution in [-0.2, 0) is 11.2 Å². The first kappa shape index (κ1) is 26.9. The molecule has 0 saturated carbocycles. The van der Waals surface area contributed by atoms with Crippen molar-refractivity contribution in [1.29, 1.82) is 0 Å². The van der Waals surface area contributed by atoms with Gasteiger partial charge in [-0.15, -0.1) is 0 Å². The van der Waals surface area contributed by atoms with E-state index in [0.717, 1.165) is 49.2 Å². The van der Waals surface area contributed by atoms with Crippen LogP contribution in [0.25, 0.3) is 0 Å². The molecule has 0 radical (unpaired) electrons. The largest absolute Gasteiger partial charge is 0.493 e. The number of methoxy groups -OCH3 is 3. The topological polar surface area (TPSA) is 108 Å². The Bertz CT molecular complexity index is 1150. The fraction of sp³-hybridized carbons (Fsp3) is 0.333. The van der Waals surface area contributed by atoms with E-state index in [0.29, 0.717) is 40.1 Å². The molecule has 192 valence electrons. The average Bonchev–Trinajstić information content (AvgIpc) is 2.88. The number of hydrogen-bond acceptors (Lipinski definition) is 7. The standard InChI is InChI=1S/C27H33ClN4O4/c1-34-23-16-20(17-24(35-2)26(23)36-3)31-27-18(10-8-14-30-27)9-6-4-5-7-11-25(33)32-22-13-12-19(28)15-21(22)29/h8,10,12-17H,4-7,9,11,29H2,1-3H3,(H,30,31)(H,32,33). The zero-order valence-corrected chi connectivity index (χ0v) is 21.7. The monoisotopic (exact) mass is 512 g/mol. The number of aryl methyl sites for hydroxylation is 1. The van der Waals surface area contributed by atoms with Crippen molar-refractivity contribution in [3.63, 3.8) is 0 Å². The first-order valence-corrected chi connectivity index (χ1v) is 12.2. The fourth-order valence-electron chi connectivity index (χ4n) is 3.86. The van der Waals surface area contributed by atoms with E-state index in [4.69, 9.17) is 31.5 Å². The summed E-state index contributed by atoms with van der Waals surface area (Å²) in [5.74, 6) is 2.41. The maximum Gasteiger partial charge on any atom is 0.224 e. The second-order valence-electron chi connectivity index (χ2n) is 8.24. The minimum atomic E-state index is -0.0480. The highest BCUT2D eigenvalue weighted by molar-refractivity contribution is 6.31. The summed E-state index contributed by atoms with van der Waals surface area (Å²) in [6, 6.07) is 12.7. The SMILES string of the molecule is COc1cc(Nc2ncccc2CCCCCCC(=O)Nc2ccc(Cl)cc2N)cc(OC)c1OC. The lowest BCUT2D eigenvalue weighted by Gasteiger charge is -2.16. The lowest BCUT2D eigenvalue weighted by atomic mass is 10.1. The van der Waals surface area contributed by atoms with Gasteiger partial charge in [0.25, 0.3) is 0 Å². The van der Waals surface area contributed by atoms with Gasteiger partial charge >= 0.3 is 0 Å². The first-order valence-electron chi connectivity index (χ1n) is 11.8. The molecule has 0 unspecified atom stereocenters. The van der Waals surface area contributed by atoms with E-state index >= 15 is 0 Å². The van der Waals surface area contributed by atoms with Crippen LogP contribution < -0.4 is 30.6 Å². The number of unbranched alkanes of at least 4 members (excludes halogenated alkanes) is 3. The molecule has 9 heteroatoms. The number of pyridine rings is 1. The van der Waals surface area contributed by atoms with Gasteiger partial charge in [0.1, 0.15) is 5.82 Å². The second kappa shape index (κ2) is 13.4. The summed E-state index contributed by atoms with van der Waals surface area (Å²) in [7, 11) is 4.75. The minimum Gasteiger partial charge on any atom is -0.493 e. The predicted octanol–water partition coefficient (Wildman–Crippen LogP) is 6.22. The number of carbonyl (C=O) groups excluding carboxylic acids is 1. The highest BCUT2D eigenvalue weighted by Gasteiger charge is 2.14. The second-order valence-corrected chi connectivity index (χ2v) is 8.68. The molecule has 4 N–H and O–H groups in total. The van der Waals surface area contributed by atoms with Crippen LogP contribution in [0.5, 0.6) is 17.2 Å². The van der Waals surface area contributed by atoms with Gasteiger partial charge in [0.05, 0.1) is 32.7 Å². The summed E-state index contributed by atoms with van der Waals surface area (Å²) < 4.78 is 16.3. The van der Waals surface area contributed by atoms with Crippen LogP contribution in [0.15, 0.2) is 48.7 Å². The van der Waals surface area contributed by atoms with Crippen molar-refractivity contribution >= 4 is 40.4 Å². The van der Waals surface area contributed by atoms with E-state index in [-0.39, 0.29) is 5.91 Å². The molecule has 0 aliphatic carbocycles. The molecular weight excluding hydrogens is 480 g/mol. The summed E-state index contributed by atoms with van der Waals surface area (Å²) in [4.78, 5) is 16.7. The molecule has 3 rings (SSSR count). The molecule has 0 bridgehead atoms. The average molecular weight is 513 g/mol. The lowest BCUT2D eigenvalue weighted by Crippen LogP contribution is -2.12. The van der Waals surface area contributed by atoms with E-state index in [2.05, 4.69) is 21.7 Å². The Morgan fingerprint density at radius 2 is 1.69 bits per heavy atom. The van der Waals surface area contributed by atoms with Gasteiger partial charge in [0.15, 0.2) is 11.5 Å². The number of nitrogen functional groups attached to an aromatic ring is 1. The highest BCUT2D eigenvalue weighted by Crippen LogP contribution is 2.40. The summed E-state index contributed by atoms with van der Waals surface area (Å²) in [6.45, 7) is 0. The number of ether oxygens (including phenoxy) is 3. The van der Waals surface area contributed by atoms with E-state index in [1.54, 1.807) is 45.7 Å². The Labute approximate surface area is 217 Å². The molecule has 1 heterocycles. The van der Waals surface area contributed by atoms with Gasteiger partial charge < -0.3 is 30.6 Å². The molecule has 0 aliphatic rings. The van der Waals surface area contributed by atoms with Crippen LogP contribution in [0.2, 0.25) is 5.02 Å². The van der Waals surface area contributed by atoms with Crippen LogP contribution in [0.1, 0.15) is 37.7 Å². The maximum absolute atomic E-state index is 12.2. The molecule has 1 aromatic heterocycles. The number of carbonyl (C=O) groups is 1. The smallest absolute Gasteiger partial charge is 0.224 e. The highest BCUT2D eigenvalue weighted by atomic mass is 35.5. The molecule has 0 fully saturated rings. The number of rotatable bonds is 13. The number of hydrogen-bond donors (Lipinski definition) is 3. The quantitative estimate of drug-likeness (QED) is 0.184. The van der Waals surface area contributed by atoms with Crippen molar-refractivity contribution in [3.05, 3.63) is 59.2 Å². The molecule has 0 spiro atoms. The van der Waals surface area contributed by atoms with Crippen molar-refractivity contribution in [3.8, 4) is 17.2 Å². The zero-order chi connectivity index (χ0) is 25.9. The van der Waals surface area contributed by atoms with Gasteiger partial charge in [-0.25, -0.2) is 4.98 Å². The van der Waals surface area contributed by atoms with Gasteiger partial charge in [-0.05, 0) is 49.1 Å². The normalized spacial score (nSPS) is 10.6. The van der Waals surface area contributed by atoms with E-state index < -0.39 is 0 Å². The van der Waals surface area contributed by atoms with Gasteiger partial charge in [-0.2, -0.15) is 0 Å². The zero-order valence-electron chi connectivity index (χ0n) is 20.9. The van der Waals surface area contributed by atoms with E-state index in [9.17, 15) is 4.79 Å². The van der Waals surface area contributed by atoms with Crippen molar-refractivity contribution < 1.29 is 19.0 Å². The number of nitrogens with one attached hydrogen (secondary N) is 2. The molecule has 0 saturated heterocycles. The Morgan fingerprint density at radius 1 is 0.972 bits per heavy atom. The van der Waals surface area contributed by atoms with Crippen molar-refractivity contribution in [2.45, 2.75) is 38.5 Å². The number of nitrogens with zero attached hydrogens (tertiary/aromatic N) is 1. The number of anilines is 4. The molecule has 3 aromatic rings. The molecular formula is C27H33ClN4O4. The Balaban J connectivity index is 1.48. The van der Waals surface area contributed by atoms with Gasteiger partial charge in [0.2, 0.25) is 11.7 Å². The van der Waals surface area contributed by atoms with E-state index in [1.807, 2.05) is 18.2 Å². The molecule has 8 nitrogen and oxygen atoms in total. The van der Waals surface area contributed by atoms with Crippen LogP contribution >= 0.6 is 11.6 Å². The maximum atomic E-state index is 12.2. The van der Waals surface area contributed by atoms with Crippen LogP contribution in [0.4, 0.5) is 22.9 Å². The van der Waals surface area contributed by atoms with Crippen molar-refractivity contribution in [2.24, 2.45) is 0 Å². The molecule has 2 aromatic carbocycles. The number of halogens is 1. The van der Waals surface area contributed by atoms with Crippen LogP contribution in [-0.4, -0.2) is 32.2 Å². The summed E-state index contributed by atoms with van der Waals surface area (Å²) in [5, 5.41) is 6.76. The number of benzene rings is 2. The Kier molecular flexibility index (Phi) is 10.1. The Hall–Kier alpha value is -3.65. The summed E-state index contributed by atoms with van der Waals surface area (Å²) in [5.41, 5.74) is 8.85. The molecule has 0 aliphatic heterocycles. The number of amides is 1. The van der Waals surface area contributed by atoms with Crippen molar-refractivity contribution in [2.75, 3.05) is 37.7 Å². The molecule has 1 amide bonds. The van der Waals surface area contributed by atoms with Crippen LogP contribution in [0.3, 0.4) is 0 Å². The Morgan fingerprint density at radius 3 is 2.36 bits per heavy atom. The third-order valence-corrected chi connectivity index (χ3v) is 5.94. The third-order valence-electron chi connectivity index (χ3n) is 5.71. The van der Waals surface area contributed by atoms with Gasteiger partial charge in [0, 0.05) is 35.5 Å². The van der Waals surface area contributed by atoms with Crippen LogP contribution in [0, 0.1) is 0 Å². The van der Waals surface area contributed by atoms with Gasteiger partial charge in [-0.1, -0.05) is 30.5 Å². The first-order chi connectivity index (χ1) is 17.4.